The summed E-state index contributed by atoms with van der Waals surface area (Å²) in [6.45, 7) is 1.90. The van der Waals surface area contributed by atoms with Crippen molar-refractivity contribution in [2.45, 2.75) is 67.7 Å². The Hall–Kier alpha value is -3.07. The maximum atomic E-state index is 13.7. The number of halogens is 1. The number of carbonyl (C=O) groups excluding carboxylic acids is 2. The number of phenols is 1. The zero-order valence-corrected chi connectivity index (χ0v) is 22.3. The van der Waals surface area contributed by atoms with Crippen LogP contribution in [0, 0.1) is 5.92 Å². The van der Waals surface area contributed by atoms with Gasteiger partial charge in [-0.05, 0) is 68.7 Å². The summed E-state index contributed by atoms with van der Waals surface area (Å²) in [5, 5.41) is 27.4. The van der Waals surface area contributed by atoms with Gasteiger partial charge >= 0.3 is 0 Å². The number of nitrogens with zero attached hydrogens (tertiary/aromatic N) is 1. The smallest absolute Gasteiger partial charge is 0.253 e. The number of amides is 1. The SMILES string of the molecule is Cl.O=Cc1c[nH]c2c(C(=O)N[C@@H]3CC[C@@]4(O)[C@H]5Cc6ccc(O)c7c6[C@@]4(CCN5CC4CC4)[C@H]3O7)cccc12. The predicted octanol–water partition coefficient (Wildman–Crippen LogP) is 3.47. The van der Waals surface area contributed by atoms with E-state index in [1.165, 1.54) is 12.8 Å². The molecule has 1 aromatic heterocycles. The van der Waals surface area contributed by atoms with Crippen molar-refractivity contribution >= 4 is 35.5 Å². The van der Waals surface area contributed by atoms with Crippen LogP contribution in [0.25, 0.3) is 10.9 Å². The third-order valence-electron chi connectivity index (χ3n) is 10.2. The molecule has 39 heavy (non-hydrogen) atoms. The monoisotopic (exact) mass is 549 g/mol. The number of piperidine rings is 1. The van der Waals surface area contributed by atoms with Crippen molar-refractivity contribution in [2.24, 2.45) is 5.92 Å². The number of aliphatic hydroxyl groups is 1. The molecule has 2 aliphatic heterocycles. The van der Waals surface area contributed by atoms with Crippen LogP contribution in [0.4, 0.5) is 0 Å². The summed E-state index contributed by atoms with van der Waals surface area (Å²) in [7, 11) is 0. The molecule has 1 amide bonds. The number of phenolic OH excluding ortho intramolecular Hbond substituents is 1. The normalized spacial score (nSPS) is 32.2. The largest absolute Gasteiger partial charge is 0.504 e. The Kier molecular flexibility index (Phi) is 5.41. The Morgan fingerprint density at radius 2 is 2.05 bits per heavy atom. The van der Waals surface area contributed by atoms with Gasteiger partial charge in [0.15, 0.2) is 17.8 Å². The first kappa shape index (κ1) is 24.9. The van der Waals surface area contributed by atoms with Gasteiger partial charge in [0.25, 0.3) is 5.91 Å². The standard InChI is InChI=1S/C30H31N3O5.ClH/c34-15-18-13-31-25-19(18)2-1-3-20(25)28(36)32-21-8-9-30(37)23-12-17-6-7-22(35)26-24(17)29(30,27(21)38-26)10-11-33(23)14-16-4-5-16;/h1-3,6-7,13,15-16,21,23,27,31,35,37H,4-5,8-12,14H2,(H,32,36);1H/t21-,23-,27+,29+,30-;/m1./s1. The van der Waals surface area contributed by atoms with Gasteiger partial charge in [0, 0.05) is 35.3 Å². The number of rotatable bonds is 5. The molecule has 2 aromatic carbocycles. The summed E-state index contributed by atoms with van der Waals surface area (Å²) in [6, 6.07) is 8.71. The van der Waals surface area contributed by atoms with Crippen LogP contribution in [0.5, 0.6) is 11.5 Å². The first-order valence-corrected chi connectivity index (χ1v) is 13.8. The highest BCUT2D eigenvalue weighted by Crippen LogP contribution is 2.65. The first-order chi connectivity index (χ1) is 18.4. The van der Waals surface area contributed by atoms with Crippen LogP contribution in [-0.4, -0.2) is 69.2 Å². The third kappa shape index (κ3) is 3.19. The summed E-state index contributed by atoms with van der Waals surface area (Å²) >= 11 is 0. The van der Waals surface area contributed by atoms with Gasteiger partial charge in [-0.25, -0.2) is 0 Å². The third-order valence-corrected chi connectivity index (χ3v) is 10.2. The zero-order valence-electron chi connectivity index (χ0n) is 21.5. The number of H-pyrrole nitrogens is 1. The van der Waals surface area contributed by atoms with E-state index in [0.717, 1.165) is 49.3 Å². The Labute approximate surface area is 232 Å². The molecule has 5 aliphatic rings. The molecule has 8 nitrogen and oxygen atoms in total. The quantitative estimate of drug-likeness (QED) is 0.362. The molecule has 204 valence electrons. The maximum Gasteiger partial charge on any atom is 0.253 e. The molecule has 2 bridgehead atoms. The number of ether oxygens (including phenoxy) is 1. The highest BCUT2D eigenvalue weighted by molar-refractivity contribution is 6.09. The summed E-state index contributed by atoms with van der Waals surface area (Å²) in [4.78, 5) is 30.7. The van der Waals surface area contributed by atoms with Crippen LogP contribution in [0.15, 0.2) is 36.5 Å². The molecular formula is C30H32ClN3O5. The van der Waals surface area contributed by atoms with Gasteiger partial charge in [0.05, 0.1) is 28.1 Å². The number of hydrogen-bond acceptors (Lipinski definition) is 6. The molecule has 2 saturated carbocycles. The van der Waals surface area contributed by atoms with Crippen LogP contribution in [0.3, 0.4) is 0 Å². The summed E-state index contributed by atoms with van der Waals surface area (Å²) in [5.74, 6) is 1.05. The van der Waals surface area contributed by atoms with Gasteiger partial charge < -0.3 is 25.3 Å². The predicted molar refractivity (Wildman–Crippen MR) is 147 cm³/mol. The molecule has 3 aliphatic carbocycles. The van der Waals surface area contributed by atoms with E-state index in [2.05, 4.69) is 15.2 Å². The minimum atomic E-state index is -0.990. The zero-order chi connectivity index (χ0) is 25.8. The highest BCUT2D eigenvalue weighted by atomic mass is 35.5. The second-order valence-electron chi connectivity index (χ2n) is 12.0. The van der Waals surface area contributed by atoms with E-state index >= 15 is 0 Å². The number of nitrogens with one attached hydrogen (secondary N) is 2. The Morgan fingerprint density at radius 3 is 2.85 bits per heavy atom. The molecule has 8 rings (SSSR count). The van der Waals surface area contributed by atoms with Crippen molar-refractivity contribution in [3.05, 3.63) is 58.8 Å². The van der Waals surface area contributed by atoms with Crippen LogP contribution < -0.4 is 10.1 Å². The Bertz CT molecular complexity index is 1520. The number of para-hydroxylation sites is 1. The fraction of sp³-hybridized carbons (Fsp3) is 0.467. The lowest BCUT2D eigenvalue weighted by Crippen LogP contribution is -2.78. The average Bonchev–Trinajstić information content (AvgIpc) is 3.51. The van der Waals surface area contributed by atoms with Crippen LogP contribution in [0.2, 0.25) is 0 Å². The van der Waals surface area contributed by atoms with Crippen molar-refractivity contribution in [3.63, 3.8) is 0 Å². The maximum absolute atomic E-state index is 13.7. The number of hydrogen-bond donors (Lipinski definition) is 4. The molecule has 0 radical (unpaired) electrons. The number of aromatic nitrogens is 1. The molecule has 4 N–H and O–H groups in total. The molecule has 3 fully saturated rings. The lowest BCUT2D eigenvalue weighted by Gasteiger charge is -2.64. The molecule has 3 heterocycles. The molecular weight excluding hydrogens is 518 g/mol. The van der Waals surface area contributed by atoms with Gasteiger partial charge in [-0.1, -0.05) is 18.2 Å². The Balaban J connectivity index is 0.00000253. The minimum Gasteiger partial charge on any atom is -0.504 e. The number of aromatic hydroxyl groups is 1. The van der Waals surface area contributed by atoms with E-state index in [1.54, 1.807) is 24.4 Å². The van der Waals surface area contributed by atoms with Crippen molar-refractivity contribution in [3.8, 4) is 11.5 Å². The molecule has 5 atom stereocenters. The Morgan fingerprint density at radius 1 is 1.21 bits per heavy atom. The van der Waals surface area contributed by atoms with Gasteiger partial charge in [-0.3, -0.25) is 14.5 Å². The molecule has 9 heteroatoms. The fourth-order valence-corrected chi connectivity index (χ4v) is 8.34. The fourth-order valence-electron chi connectivity index (χ4n) is 8.34. The molecule has 0 unspecified atom stereocenters. The number of fused-ring (bicyclic) bond motifs is 1. The summed E-state index contributed by atoms with van der Waals surface area (Å²) < 4.78 is 6.56. The van der Waals surface area contributed by atoms with Gasteiger partial charge in [0.1, 0.15) is 6.10 Å². The van der Waals surface area contributed by atoms with Gasteiger partial charge in [-0.2, -0.15) is 0 Å². The van der Waals surface area contributed by atoms with Crippen LogP contribution in [0.1, 0.15) is 63.9 Å². The van der Waals surface area contributed by atoms with E-state index in [1.807, 2.05) is 12.1 Å². The molecule has 1 saturated heterocycles. The minimum absolute atomic E-state index is 0. The average molecular weight is 550 g/mol. The van der Waals surface area contributed by atoms with Gasteiger partial charge in [-0.15, -0.1) is 12.4 Å². The lowest BCUT2D eigenvalue weighted by molar-refractivity contribution is -0.191. The van der Waals surface area contributed by atoms with Crippen LogP contribution >= 0.6 is 12.4 Å². The summed E-state index contributed by atoms with van der Waals surface area (Å²) in [5.41, 5.74) is 2.02. The second kappa shape index (κ2) is 8.46. The van der Waals surface area contributed by atoms with Gasteiger partial charge in [0.2, 0.25) is 0 Å². The first-order valence-electron chi connectivity index (χ1n) is 13.8. The van der Waals surface area contributed by atoms with Crippen LogP contribution in [-0.2, 0) is 11.8 Å². The van der Waals surface area contributed by atoms with E-state index < -0.39 is 17.1 Å². The second-order valence-corrected chi connectivity index (χ2v) is 12.0. The number of aromatic amines is 1. The number of likely N-dealkylation sites (tertiary alicyclic amines) is 1. The van der Waals surface area contributed by atoms with Crippen molar-refractivity contribution in [2.75, 3.05) is 13.1 Å². The van der Waals surface area contributed by atoms with E-state index in [-0.39, 0.29) is 36.1 Å². The molecule has 3 aromatic rings. The van der Waals surface area contributed by atoms with Crippen molar-refractivity contribution in [1.82, 2.24) is 15.2 Å². The highest BCUT2D eigenvalue weighted by Gasteiger charge is 2.73. The lowest BCUT2D eigenvalue weighted by atomic mass is 9.48. The van der Waals surface area contributed by atoms with E-state index in [4.69, 9.17) is 4.74 Å². The molecule has 1 spiro atoms. The van der Waals surface area contributed by atoms with E-state index in [9.17, 15) is 19.8 Å². The number of benzene rings is 2. The van der Waals surface area contributed by atoms with Crippen molar-refractivity contribution in [1.29, 1.82) is 0 Å². The topological polar surface area (TPSA) is 115 Å². The number of aldehydes is 1. The number of carbonyl (C=O) groups is 2. The summed E-state index contributed by atoms with van der Waals surface area (Å²) in [6.07, 6.45) is 7.05. The van der Waals surface area contributed by atoms with Crippen molar-refractivity contribution < 1.29 is 24.5 Å². The van der Waals surface area contributed by atoms with E-state index in [0.29, 0.717) is 40.6 Å².